The van der Waals surface area contributed by atoms with Crippen LogP contribution >= 0.6 is 0 Å². The minimum atomic E-state index is 0.367. The van der Waals surface area contributed by atoms with E-state index in [1.165, 1.54) is 5.56 Å². The minimum Gasteiger partial charge on any atom is -0.382 e. The molecule has 1 saturated heterocycles. The fourth-order valence-electron chi connectivity index (χ4n) is 3.81. The highest BCUT2D eigenvalue weighted by molar-refractivity contribution is 5.91. The summed E-state index contributed by atoms with van der Waals surface area (Å²) in [5, 5.41) is 19.9. The number of hydrogen-bond donors (Lipinski definition) is 3. The van der Waals surface area contributed by atoms with Crippen molar-refractivity contribution in [1.82, 2.24) is 30.7 Å². The largest absolute Gasteiger partial charge is 0.382 e. The molecule has 1 aliphatic heterocycles. The van der Waals surface area contributed by atoms with Crippen molar-refractivity contribution in [3.63, 3.8) is 0 Å². The lowest BCUT2D eigenvalue weighted by atomic mass is 10.0. The van der Waals surface area contributed by atoms with Gasteiger partial charge in [0, 0.05) is 36.6 Å². The number of anilines is 2. The van der Waals surface area contributed by atoms with Gasteiger partial charge in [-0.3, -0.25) is 5.10 Å². The van der Waals surface area contributed by atoms with Crippen LogP contribution in [-0.2, 0) is 6.42 Å². The lowest BCUT2D eigenvalue weighted by Crippen LogP contribution is -2.52. The average molecular weight is 386 g/mol. The summed E-state index contributed by atoms with van der Waals surface area (Å²) < 4.78 is 0. The van der Waals surface area contributed by atoms with Crippen LogP contribution in [0.4, 0.5) is 11.6 Å². The Bertz CT molecular complexity index is 1120. The molecule has 3 heterocycles. The first kappa shape index (κ1) is 17.6. The molecule has 1 fully saturated rings. The second-order valence-electron chi connectivity index (χ2n) is 7.29. The van der Waals surface area contributed by atoms with Gasteiger partial charge in [-0.1, -0.05) is 30.3 Å². The highest BCUT2D eigenvalue weighted by Crippen LogP contribution is 2.25. The molecule has 2 aromatic carbocycles. The third-order valence-corrected chi connectivity index (χ3v) is 5.30. The number of benzene rings is 2. The van der Waals surface area contributed by atoms with E-state index in [9.17, 15) is 0 Å². The van der Waals surface area contributed by atoms with Crippen molar-refractivity contribution in [1.29, 1.82) is 0 Å². The number of rotatable bonds is 4. The van der Waals surface area contributed by atoms with Crippen molar-refractivity contribution in [3.8, 4) is 11.4 Å². The number of nitrogens with one attached hydrogen (secondary N) is 2. The van der Waals surface area contributed by atoms with Gasteiger partial charge in [-0.25, -0.2) is 4.98 Å². The smallest absolute Gasteiger partial charge is 0.183 e. The zero-order valence-electron chi connectivity index (χ0n) is 15.9. The fourth-order valence-corrected chi connectivity index (χ4v) is 3.81. The molecule has 1 atom stereocenters. The topological polar surface area (TPSA) is 109 Å². The maximum Gasteiger partial charge on any atom is 0.183 e. The molecule has 146 valence electrons. The standard InChI is InChI=1S/C21H22N8/c22-20-17-11-15(6-7-18(17)26-27-20)21-25-19(12-24-28-21)29-9-8-23-16(13-29)10-14-4-2-1-3-5-14/h1-7,11-12,16,23H,8-10,13H2,(H3,22,26,27)/t16-/m0/s1. The first-order chi connectivity index (χ1) is 14.3. The summed E-state index contributed by atoms with van der Waals surface area (Å²) in [6.45, 7) is 2.67. The van der Waals surface area contributed by atoms with Crippen molar-refractivity contribution >= 4 is 22.5 Å². The summed E-state index contributed by atoms with van der Waals surface area (Å²) in [6.07, 6.45) is 2.72. The molecule has 29 heavy (non-hydrogen) atoms. The molecule has 8 nitrogen and oxygen atoms in total. The van der Waals surface area contributed by atoms with Crippen LogP contribution < -0.4 is 16.0 Å². The third kappa shape index (κ3) is 3.62. The summed E-state index contributed by atoms with van der Waals surface area (Å²) in [7, 11) is 0. The lowest BCUT2D eigenvalue weighted by Gasteiger charge is -2.34. The summed E-state index contributed by atoms with van der Waals surface area (Å²) in [4.78, 5) is 7.05. The van der Waals surface area contributed by atoms with Crippen LogP contribution in [0.1, 0.15) is 5.56 Å². The van der Waals surface area contributed by atoms with Gasteiger partial charge < -0.3 is 16.0 Å². The van der Waals surface area contributed by atoms with Crippen LogP contribution in [0.25, 0.3) is 22.3 Å². The monoisotopic (exact) mass is 386 g/mol. The first-order valence-corrected chi connectivity index (χ1v) is 9.72. The van der Waals surface area contributed by atoms with Gasteiger partial charge in [-0.15, -0.1) is 5.10 Å². The van der Waals surface area contributed by atoms with Gasteiger partial charge in [-0.05, 0) is 30.2 Å². The Balaban J connectivity index is 1.37. The normalized spacial score (nSPS) is 17.0. The molecule has 2 aromatic heterocycles. The molecule has 0 amide bonds. The number of hydrogen-bond acceptors (Lipinski definition) is 7. The molecule has 4 N–H and O–H groups in total. The van der Waals surface area contributed by atoms with Gasteiger partial charge in [0.15, 0.2) is 17.5 Å². The van der Waals surface area contributed by atoms with E-state index in [2.05, 4.69) is 54.9 Å². The fraction of sp³-hybridized carbons (Fsp3) is 0.238. The Labute approximate surface area is 168 Å². The van der Waals surface area contributed by atoms with Crippen LogP contribution in [-0.4, -0.2) is 51.1 Å². The van der Waals surface area contributed by atoms with E-state index in [1.807, 2.05) is 24.3 Å². The highest BCUT2D eigenvalue weighted by Gasteiger charge is 2.21. The Kier molecular flexibility index (Phi) is 4.53. The number of nitrogens with two attached hydrogens (primary N) is 1. The van der Waals surface area contributed by atoms with Gasteiger partial charge in [0.05, 0.1) is 11.7 Å². The van der Waals surface area contributed by atoms with Crippen LogP contribution in [0.5, 0.6) is 0 Å². The molecule has 4 aromatic rings. The number of nitrogens with zero attached hydrogens (tertiary/aromatic N) is 5. The maximum atomic E-state index is 5.93. The first-order valence-electron chi connectivity index (χ1n) is 9.72. The summed E-state index contributed by atoms with van der Waals surface area (Å²) in [5.74, 6) is 1.90. The molecule has 5 rings (SSSR count). The van der Waals surface area contributed by atoms with Gasteiger partial charge >= 0.3 is 0 Å². The second kappa shape index (κ2) is 7.48. The molecule has 0 radical (unpaired) electrons. The van der Waals surface area contributed by atoms with E-state index >= 15 is 0 Å². The summed E-state index contributed by atoms with van der Waals surface area (Å²) in [5.41, 5.74) is 9.03. The zero-order chi connectivity index (χ0) is 19.6. The predicted molar refractivity (Wildman–Crippen MR) is 113 cm³/mol. The van der Waals surface area contributed by atoms with E-state index in [0.717, 1.165) is 48.3 Å². The Hall–Kier alpha value is -3.52. The maximum absolute atomic E-state index is 5.93. The van der Waals surface area contributed by atoms with Crippen LogP contribution in [0.2, 0.25) is 0 Å². The van der Waals surface area contributed by atoms with E-state index in [0.29, 0.717) is 17.7 Å². The van der Waals surface area contributed by atoms with E-state index < -0.39 is 0 Å². The lowest BCUT2D eigenvalue weighted by molar-refractivity contribution is 0.452. The zero-order valence-corrected chi connectivity index (χ0v) is 15.9. The molecule has 0 bridgehead atoms. The average Bonchev–Trinajstić information content (AvgIpc) is 3.15. The predicted octanol–water partition coefficient (Wildman–Crippen LogP) is 2.02. The number of piperazine rings is 1. The van der Waals surface area contributed by atoms with Crippen LogP contribution in [0.15, 0.2) is 54.7 Å². The van der Waals surface area contributed by atoms with E-state index in [1.54, 1.807) is 6.20 Å². The van der Waals surface area contributed by atoms with Gasteiger partial charge in [0.1, 0.15) is 0 Å². The van der Waals surface area contributed by atoms with E-state index in [-0.39, 0.29) is 0 Å². The van der Waals surface area contributed by atoms with Crippen LogP contribution in [0, 0.1) is 0 Å². The van der Waals surface area contributed by atoms with Crippen molar-refractivity contribution < 1.29 is 0 Å². The van der Waals surface area contributed by atoms with Crippen molar-refractivity contribution in [2.45, 2.75) is 12.5 Å². The number of nitrogen functional groups attached to an aromatic ring is 1. The van der Waals surface area contributed by atoms with Crippen molar-refractivity contribution in [2.75, 3.05) is 30.3 Å². The molecular formula is C21H22N8. The van der Waals surface area contributed by atoms with Gasteiger partial charge in [0.2, 0.25) is 0 Å². The summed E-state index contributed by atoms with van der Waals surface area (Å²) >= 11 is 0. The second-order valence-corrected chi connectivity index (χ2v) is 7.29. The van der Waals surface area contributed by atoms with E-state index in [4.69, 9.17) is 10.7 Å². The highest BCUT2D eigenvalue weighted by atomic mass is 15.3. The molecular weight excluding hydrogens is 364 g/mol. The molecule has 8 heteroatoms. The number of H-pyrrole nitrogens is 1. The van der Waals surface area contributed by atoms with Gasteiger partial charge in [-0.2, -0.15) is 10.2 Å². The molecule has 0 aliphatic carbocycles. The minimum absolute atomic E-state index is 0.367. The third-order valence-electron chi connectivity index (χ3n) is 5.30. The number of aromatic amines is 1. The summed E-state index contributed by atoms with van der Waals surface area (Å²) in [6, 6.07) is 16.8. The number of fused-ring (bicyclic) bond motifs is 1. The Morgan fingerprint density at radius 1 is 1.14 bits per heavy atom. The SMILES string of the molecule is Nc1n[nH]c2ccc(-c3nncc(N4CCN[C@@H](Cc5ccccc5)C4)n3)cc12. The van der Waals surface area contributed by atoms with Crippen molar-refractivity contribution in [3.05, 3.63) is 60.3 Å². The molecule has 0 saturated carbocycles. The van der Waals surface area contributed by atoms with Crippen LogP contribution in [0.3, 0.4) is 0 Å². The van der Waals surface area contributed by atoms with Crippen molar-refractivity contribution in [2.24, 2.45) is 0 Å². The molecule has 0 spiro atoms. The molecule has 1 aliphatic rings. The quantitative estimate of drug-likeness (QED) is 0.492. The number of aromatic nitrogens is 5. The Morgan fingerprint density at radius 2 is 2.03 bits per heavy atom. The van der Waals surface area contributed by atoms with Gasteiger partial charge in [0.25, 0.3) is 0 Å². The Morgan fingerprint density at radius 3 is 2.93 bits per heavy atom. The molecule has 0 unspecified atom stereocenters.